The van der Waals surface area contributed by atoms with Crippen LogP contribution < -0.4 is 5.32 Å². The van der Waals surface area contributed by atoms with E-state index in [1.807, 2.05) is 65.3 Å². The molecule has 0 aliphatic heterocycles. The Morgan fingerprint density at radius 3 is 2.44 bits per heavy atom. The lowest BCUT2D eigenvalue weighted by atomic mass is 9.82. The van der Waals surface area contributed by atoms with Crippen molar-refractivity contribution < 1.29 is 14.7 Å². The summed E-state index contributed by atoms with van der Waals surface area (Å²) in [7, 11) is 0. The molecule has 0 saturated carbocycles. The smallest absolute Gasteiger partial charge is 0.307 e. The van der Waals surface area contributed by atoms with Crippen LogP contribution in [0, 0.1) is 11.8 Å². The number of nitrogens with one attached hydrogen (secondary N) is 1. The molecule has 27 heavy (non-hydrogen) atoms. The molecule has 4 rings (SSSR count). The minimum absolute atomic E-state index is 0.257. The first-order valence-corrected chi connectivity index (χ1v) is 8.84. The van der Waals surface area contributed by atoms with E-state index in [9.17, 15) is 14.7 Å². The summed E-state index contributed by atoms with van der Waals surface area (Å²) in [5.41, 5.74) is 3.50. The number of aliphatic carboxylic acids is 1. The molecule has 1 heterocycles. The molecule has 3 aromatic rings. The van der Waals surface area contributed by atoms with Crippen LogP contribution in [0.4, 0.5) is 5.69 Å². The predicted molar refractivity (Wildman–Crippen MR) is 103 cm³/mol. The number of allylic oxidation sites excluding steroid dienone is 2. The lowest BCUT2D eigenvalue weighted by Crippen LogP contribution is -2.34. The van der Waals surface area contributed by atoms with Crippen molar-refractivity contribution in [1.29, 1.82) is 0 Å². The van der Waals surface area contributed by atoms with Crippen LogP contribution in [0.15, 0.2) is 67.0 Å². The Hall–Kier alpha value is -3.41. The fourth-order valence-electron chi connectivity index (χ4n) is 3.48. The number of nitrogens with zero attached hydrogens (tertiary/aromatic N) is 2. The van der Waals surface area contributed by atoms with Gasteiger partial charge in [-0.2, -0.15) is 0 Å². The largest absolute Gasteiger partial charge is 0.481 e. The van der Waals surface area contributed by atoms with Gasteiger partial charge >= 0.3 is 5.97 Å². The van der Waals surface area contributed by atoms with Crippen LogP contribution in [-0.4, -0.2) is 26.5 Å². The molecule has 2 atom stereocenters. The monoisotopic (exact) mass is 361 g/mol. The molecule has 1 aliphatic rings. The van der Waals surface area contributed by atoms with Crippen molar-refractivity contribution in [2.75, 3.05) is 5.32 Å². The van der Waals surface area contributed by atoms with Gasteiger partial charge in [0.15, 0.2) is 0 Å². The number of carbonyl (C=O) groups is 2. The van der Waals surface area contributed by atoms with Crippen LogP contribution in [0.25, 0.3) is 16.7 Å². The molecule has 6 nitrogen and oxygen atoms in total. The summed E-state index contributed by atoms with van der Waals surface area (Å²) in [6, 6.07) is 15.3. The molecule has 2 aromatic carbocycles. The second-order valence-corrected chi connectivity index (χ2v) is 6.63. The number of hydrogen-bond donors (Lipinski definition) is 2. The molecule has 0 fully saturated rings. The Bertz CT molecular complexity index is 1020. The Morgan fingerprint density at radius 1 is 1.00 bits per heavy atom. The van der Waals surface area contributed by atoms with E-state index in [0.717, 1.165) is 16.7 Å². The maximum absolute atomic E-state index is 12.5. The number of amides is 1. The predicted octanol–water partition coefficient (Wildman–Crippen LogP) is 3.63. The van der Waals surface area contributed by atoms with E-state index >= 15 is 0 Å². The quantitative estimate of drug-likeness (QED) is 0.695. The second kappa shape index (κ2) is 7.07. The topological polar surface area (TPSA) is 84.2 Å². The number of carboxylic acid groups (broad SMARTS) is 1. The third kappa shape index (κ3) is 3.33. The van der Waals surface area contributed by atoms with Crippen LogP contribution in [0.1, 0.15) is 12.8 Å². The standard InChI is InChI=1S/C21H19N3O3/c25-20(16-5-1-2-6-17(16)21(26)27)23-14-9-11-15(12-10-14)24-13-22-18-7-3-4-8-19(18)24/h1-4,7-13,16-17H,5-6H2,(H,23,25)(H,26,27)/t16-,17-/m1/s1. The van der Waals surface area contributed by atoms with E-state index in [4.69, 9.17) is 0 Å². The zero-order valence-electron chi connectivity index (χ0n) is 14.6. The lowest BCUT2D eigenvalue weighted by molar-refractivity contribution is -0.146. The summed E-state index contributed by atoms with van der Waals surface area (Å²) in [5, 5.41) is 12.2. The minimum Gasteiger partial charge on any atom is -0.481 e. The Morgan fingerprint density at radius 2 is 1.70 bits per heavy atom. The molecule has 0 unspecified atom stereocenters. The average molecular weight is 361 g/mol. The summed E-state index contributed by atoms with van der Waals surface area (Å²) >= 11 is 0. The van der Waals surface area contributed by atoms with Gasteiger partial charge in [-0.3, -0.25) is 14.2 Å². The highest BCUT2D eigenvalue weighted by Crippen LogP contribution is 2.27. The molecular weight excluding hydrogens is 342 g/mol. The Kier molecular flexibility index (Phi) is 4.46. The van der Waals surface area contributed by atoms with Gasteiger partial charge in [-0.05, 0) is 49.2 Å². The van der Waals surface area contributed by atoms with Crippen molar-refractivity contribution >= 4 is 28.6 Å². The van der Waals surface area contributed by atoms with Gasteiger partial charge in [0.05, 0.1) is 22.9 Å². The number of carbonyl (C=O) groups excluding carboxylic acids is 1. The molecule has 6 heteroatoms. The van der Waals surface area contributed by atoms with Crippen molar-refractivity contribution in [3.63, 3.8) is 0 Å². The van der Waals surface area contributed by atoms with Crippen LogP contribution in [0.5, 0.6) is 0 Å². The number of para-hydroxylation sites is 2. The van der Waals surface area contributed by atoms with Crippen molar-refractivity contribution in [3.05, 3.63) is 67.0 Å². The fourth-order valence-corrected chi connectivity index (χ4v) is 3.48. The van der Waals surface area contributed by atoms with E-state index in [-0.39, 0.29) is 5.91 Å². The van der Waals surface area contributed by atoms with Gasteiger partial charge in [0.1, 0.15) is 6.33 Å². The lowest BCUT2D eigenvalue weighted by Gasteiger charge is -2.24. The van der Waals surface area contributed by atoms with Gasteiger partial charge < -0.3 is 10.4 Å². The minimum atomic E-state index is -0.929. The summed E-state index contributed by atoms with van der Waals surface area (Å²) in [4.78, 5) is 28.3. The number of imidazole rings is 1. The van der Waals surface area contributed by atoms with E-state index in [1.54, 1.807) is 6.33 Å². The van der Waals surface area contributed by atoms with E-state index in [2.05, 4.69) is 10.3 Å². The van der Waals surface area contributed by atoms with Gasteiger partial charge in [0.25, 0.3) is 0 Å². The van der Waals surface area contributed by atoms with Gasteiger partial charge in [0.2, 0.25) is 5.91 Å². The summed E-state index contributed by atoms with van der Waals surface area (Å²) in [6.45, 7) is 0. The van der Waals surface area contributed by atoms with Crippen LogP contribution >= 0.6 is 0 Å². The first-order chi connectivity index (χ1) is 13.1. The van der Waals surface area contributed by atoms with Gasteiger partial charge in [0, 0.05) is 11.4 Å². The van der Waals surface area contributed by atoms with Crippen molar-refractivity contribution in [2.45, 2.75) is 12.8 Å². The number of fused-ring (bicyclic) bond motifs is 1. The van der Waals surface area contributed by atoms with E-state index in [0.29, 0.717) is 18.5 Å². The van der Waals surface area contributed by atoms with Gasteiger partial charge in [-0.15, -0.1) is 0 Å². The molecule has 0 spiro atoms. The molecule has 0 saturated heterocycles. The molecule has 1 aliphatic carbocycles. The maximum atomic E-state index is 12.5. The SMILES string of the molecule is O=C(O)[C@@H]1CC=CC[C@H]1C(=O)Nc1ccc(-n2cnc3ccccc32)cc1. The number of rotatable bonds is 4. The second-order valence-electron chi connectivity index (χ2n) is 6.63. The molecule has 1 amide bonds. The van der Waals surface area contributed by atoms with Crippen molar-refractivity contribution in [2.24, 2.45) is 11.8 Å². The van der Waals surface area contributed by atoms with E-state index in [1.165, 1.54) is 0 Å². The number of carboxylic acids is 1. The van der Waals surface area contributed by atoms with Gasteiger partial charge in [-0.25, -0.2) is 4.98 Å². The fraction of sp³-hybridized carbons (Fsp3) is 0.190. The molecule has 136 valence electrons. The third-order valence-electron chi connectivity index (χ3n) is 4.95. The van der Waals surface area contributed by atoms with Crippen LogP contribution in [-0.2, 0) is 9.59 Å². The average Bonchev–Trinajstić information content (AvgIpc) is 3.12. The highest BCUT2D eigenvalue weighted by molar-refractivity contribution is 5.95. The molecular formula is C21H19N3O3. The maximum Gasteiger partial charge on any atom is 0.307 e. The summed E-state index contributed by atoms with van der Waals surface area (Å²) in [6.07, 6.45) is 6.30. The molecule has 1 aromatic heterocycles. The third-order valence-corrected chi connectivity index (χ3v) is 4.95. The van der Waals surface area contributed by atoms with E-state index < -0.39 is 17.8 Å². The molecule has 0 radical (unpaired) electrons. The van der Waals surface area contributed by atoms with Crippen molar-refractivity contribution in [3.8, 4) is 5.69 Å². The zero-order valence-corrected chi connectivity index (χ0v) is 14.6. The summed E-state index contributed by atoms with van der Waals surface area (Å²) < 4.78 is 1.98. The van der Waals surface area contributed by atoms with Crippen LogP contribution in [0.3, 0.4) is 0 Å². The normalized spacial score (nSPS) is 19.1. The first kappa shape index (κ1) is 17.0. The highest BCUT2D eigenvalue weighted by atomic mass is 16.4. The van der Waals surface area contributed by atoms with Gasteiger partial charge in [-0.1, -0.05) is 24.3 Å². The molecule has 2 N–H and O–H groups in total. The number of anilines is 1. The Labute approximate surface area is 156 Å². The Balaban J connectivity index is 1.52. The number of aromatic nitrogens is 2. The first-order valence-electron chi connectivity index (χ1n) is 8.84. The highest BCUT2D eigenvalue weighted by Gasteiger charge is 2.33. The number of benzene rings is 2. The zero-order chi connectivity index (χ0) is 18.8. The van der Waals surface area contributed by atoms with Crippen molar-refractivity contribution in [1.82, 2.24) is 9.55 Å². The van der Waals surface area contributed by atoms with Crippen LogP contribution in [0.2, 0.25) is 0 Å². The number of hydrogen-bond acceptors (Lipinski definition) is 3. The molecule has 0 bridgehead atoms. The summed E-state index contributed by atoms with van der Waals surface area (Å²) in [5.74, 6) is -2.41.